The summed E-state index contributed by atoms with van der Waals surface area (Å²) in [5.41, 5.74) is 7.44. The van der Waals surface area contributed by atoms with E-state index in [4.69, 9.17) is 10.8 Å². The number of hydrogen-bond donors (Lipinski definition) is 2. The van der Waals surface area contributed by atoms with Gasteiger partial charge in [0.25, 0.3) is 0 Å². The standard InChI is InChI=1S/C10H16N2O/c1-2-4-9(11)10-6-3-5-8(7-13)12-10/h3,5-6,9,13H,2,4,7,11H2,1H3. The van der Waals surface area contributed by atoms with Crippen LogP contribution in [0, 0.1) is 0 Å². The molecule has 3 heteroatoms. The predicted octanol–water partition coefficient (Wildman–Crippen LogP) is 1.37. The molecule has 0 spiro atoms. The lowest BCUT2D eigenvalue weighted by molar-refractivity contribution is 0.276. The van der Waals surface area contributed by atoms with E-state index in [1.165, 1.54) is 0 Å². The molecule has 3 N–H and O–H groups in total. The van der Waals surface area contributed by atoms with Crippen LogP contribution in [0.25, 0.3) is 0 Å². The summed E-state index contributed by atoms with van der Waals surface area (Å²) in [7, 11) is 0. The zero-order valence-corrected chi connectivity index (χ0v) is 7.90. The van der Waals surface area contributed by atoms with Crippen molar-refractivity contribution in [3.63, 3.8) is 0 Å². The summed E-state index contributed by atoms with van der Waals surface area (Å²) < 4.78 is 0. The topological polar surface area (TPSA) is 59.1 Å². The second-order valence-electron chi connectivity index (χ2n) is 3.11. The summed E-state index contributed by atoms with van der Waals surface area (Å²) in [5.74, 6) is 0. The molecule has 1 rings (SSSR count). The summed E-state index contributed by atoms with van der Waals surface area (Å²) >= 11 is 0. The maximum absolute atomic E-state index is 8.87. The molecule has 1 aromatic heterocycles. The van der Waals surface area contributed by atoms with Crippen LogP contribution in [-0.4, -0.2) is 10.1 Å². The normalized spacial score (nSPS) is 12.8. The van der Waals surface area contributed by atoms with Gasteiger partial charge in [-0.05, 0) is 18.6 Å². The largest absolute Gasteiger partial charge is 0.390 e. The maximum Gasteiger partial charge on any atom is 0.0853 e. The van der Waals surface area contributed by atoms with E-state index in [0.29, 0.717) is 5.69 Å². The number of aliphatic hydroxyl groups is 1. The van der Waals surface area contributed by atoms with Crippen LogP contribution in [0.1, 0.15) is 37.2 Å². The van der Waals surface area contributed by atoms with Gasteiger partial charge in [-0.15, -0.1) is 0 Å². The molecule has 0 aromatic carbocycles. The Morgan fingerprint density at radius 2 is 2.31 bits per heavy atom. The molecular weight excluding hydrogens is 164 g/mol. The lowest BCUT2D eigenvalue weighted by Gasteiger charge is -2.09. The number of hydrogen-bond acceptors (Lipinski definition) is 3. The van der Waals surface area contributed by atoms with E-state index < -0.39 is 0 Å². The zero-order valence-electron chi connectivity index (χ0n) is 7.90. The molecule has 72 valence electrons. The van der Waals surface area contributed by atoms with Crippen LogP contribution < -0.4 is 5.73 Å². The van der Waals surface area contributed by atoms with Gasteiger partial charge in [0.05, 0.1) is 18.0 Å². The Bertz CT molecular complexity index is 263. The van der Waals surface area contributed by atoms with Crippen molar-refractivity contribution in [2.45, 2.75) is 32.4 Å². The van der Waals surface area contributed by atoms with Gasteiger partial charge in [-0.1, -0.05) is 19.4 Å². The lowest BCUT2D eigenvalue weighted by Crippen LogP contribution is -2.12. The minimum Gasteiger partial charge on any atom is -0.390 e. The van der Waals surface area contributed by atoms with E-state index in [1.807, 2.05) is 12.1 Å². The van der Waals surface area contributed by atoms with E-state index >= 15 is 0 Å². The molecule has 0 radical (unpaired) electrons. The lowest BCUT2D eigenvalue weighted by atomic mass is 10.1. The highest BCUT2D eigenvalue weighted by Crippen LogP contribution is 2.13. The van der Waals surface area contributed by atoms with Gasteiger partial charge in [0.2, 0.25) is 0 Å². The van der Waals surface area contributed by atoms with Gasteiger partial charge in [-0.25, -0.2) is 0 Å². The van der Waals surface area contributed by atoms with Gasteiger partial charge in [0.15, 0.2) is 0 Å². The summed E-state index contributed by atoms with van der Waals surface area (Å²) in [6.07, 6.45) is 1.98. The Hall–Kier alpha value is -0.930. The van der Waals surface area contributed by atoms with Gasteiger partial charge < -0.3 is 10.8 Å². The third-order valence-corrected chi connectivity index (χ3v) is 1.97. The molecule has 1 unspecified atom stereocenters. The number of pyridine rings is 1. The average molecular weight is 180 g/mol. The molecule has 0 saturated carbocycles. The second kappa shape index (κ2) is 4.94. The number of aromatic nitrogens is 1. The highest BCUT2D eigenvalue weighted by atomic mass is 16.3. The summed E-state index contributed by atoms with van der Waals surface area (Å²) in [6, 6.07) is 5.57. The zero-order chi connectivity index (χ0) is 9.68. The van der Waals surface area contributed by atoms with E-state index in [9.17, 15) is 0 Å². The van der Waals surface area contributed by atoms with Gasteiger partial charge in [-0.3, -0.25) is 4.98 Å². The van der Waals surface area contributed by atoms with Crippen LogP contribution in [-0.2, 0) is 6.61 Å². The van der Waals surface area contributed by atoms with Crippen LogP contribution in [0.4, 0.5) is 0 Å². The van der Waals surface area contributed by atoms with Crippen LogP contribution in [0.15, 0.2) is 18.2 Å². The molecule has 1 atom stereocenters. The quantitative estimate of drug-likeness (QED) is 0.735. The number of nitrogens with zero attached hydrogens (tertiary/aromatic N) is 1. The average Bonchev–Trinajstić information content (AvgIpc) is 2.18. The van der Waals surface area contributed by atoms with E-state index in [1.54, 1.807) is 6.07 Å². The van der Waals surface area contributed by atoms with E-state index in [0.717, 1.165) is 18.5 Å². The fraction of sp³-hybridized carbons (Fsp3) is 0.500. The molecule has 0 aliphatic rings. The van der Waals surface area contributed by atoms with Crippen molar-refractivity contribution in [3.05, 3.63) is 29.6 Å². The van der Waals surface area contributed by atoms with Crippen LogP contribution in [0.5, 0.6) is 0 Å². The first-order valence-corrected chi connectivity index (χ1v) is 4.60. The Balaban J connectivity index is 2.75. The van der Waals surface area contributed by atoms with Crippen molar-refractivity contribution in [1.29, 1.82) is 0 Å². The van der Waals surface area contributed by atoms with Crippen molar-refractivity contribution in [2.24, 2.45) is 5.73 Å². The molecule has 1 heterocycles. The second-order valence-corrected chi connectivity index (χ2v) is 3.11. The van der Waals surface area contributed by atoms with Crippen molar-refractivity contribution < 1.29 is 5.11 Å². The molecule has 0 saturated heterocycles. The fourth-order valence-electron chi connectivity index (χ4n) is 1.25. The summed E-state index contributed by atoms with van der Waals surface area (Å²) in [6.45, 7) is 2.07. The summed E-state index contributed by atoms with van der Waals surface area (Å²) in [5, 5.41) is 8.87. The first-order chi connectivity index (χ1) is 6.27. The monoisotopic (exact) mass is 180 g/mol. The molecule has 13 heavy (non-hydrogen) atoms. The smallest absolute Gasteiger partial charge is 0.0853 e. The molecule has 3 nitrogen and oxygen atoms in total. The van der Waals surface area contributed by atoms with Crippen molar-refractivity contribution in [3.8, 4) is 0 Å². The molecule has 0 amide bonds. The molecular formula is C10H16N2O. The fourth-order valence-corrected chi connectivity index (χ4v) is 1.25. The molecule has 1 aromatic rings. The minimum atomic E-state index is -0.0211. The van der Waals surface area contributed by atoms with Gasteiger partial charge in [-0.2, -0.15) is 0 Å². The first-order valence-electron chi connectivity index (χ1n) is 4.60. The SMILES string of the molecule is CCCC(N)c1cccc(CO)n1. The number of rotatable bonds is 4. The van der Waals surface area contributed by atoms with Crippen LogP contribution in [0.3, 0.4) is 0 Å². The third kappa shape index (κ3) is 2.79. The van der Waals surface area contributed by atoms with Crippen molar-refractivity contribution in [2.75, 3.05) is 0 Å². The van der Waals surface area contributed by atoms with E-state index in [-0.39, 0.29) is 12.6 Å². The van der Waals surface area contributed by atoms with Crippen molar-refractivity contribution >= 4 is 0 Å². The molecule has 0 fully saturated rings. The van der Waals surface area contributed by atoms with E-state index in [2.05, 4.69) is 11.9 Å². The Morgan fingerprint density at radius 3 is 2.92 bits per heavy atom. The third-order valence-electron chi connectivity index (χ3n) is 1.97. The highest BCUT2D eigenvalue weighted by Gasteiger charge is 2.05. The number of nitrogens with two attached hydrogens (primary N) is 1. The Morgan fingerprint density at radius 1 is 1.54 bits per heavy atom. The minimum absolute atomic E-state index is 0.00324. The molecule has 0 bridgehead atoms. The molecule has 0 aliphatic heterocycles. The predicted molar refractivity (Wildman–Crippen MR) is 52.0 cm³/mol. The van der Waals surface area contributed by atoms with Crippen molar-refractivity contribution in [1.82, 2.24) is 4.98 Å². The van der Waals surface area contributed by atoms with Gasteiger partial charge >= 0.3 is 0 Å². The van der Waals surface area contributed by atoms with Crippen LogP contribution >= 0.6 is 0 Å². The Kier molecular flexibility index (Phi) is 3.86. The van der Waals surface area contributed by atoms with Gasteiger partial charge in [0, 0.05) is 6.04 Å². The van der Waals surface area contributed by atoms with Gasteiger partial charge in [0.1, 0.15) is 0 Å². The maximum atomic E-state index is 8.87. The molecule has 0 aliphatic carbocycles. The summed E-state index contributed by atoms with van der Waals surface area (Å²) in [4.78, 5) is 4.23. The Labute approximate surface area is 78.6 Å². The highest BCUT2D eigenvalue weighted by molar-refractivity contribution is 5.13. The van der Waals surface area contributed by atoms with Crippen LogP contribution in [0.2, 0.25) is 0 Å². The first kappa shape index (κ1) is 10.2. The number of aliphatic hydroxyl groups excluding tert-OH is 1.